The predicted octanol–water partition coefficient (Wildman–Crippen LogP) is 10.4. The molecule has 0 saturated heterocycles. The van der Waals surface area contributed by atoms with Crippen LogP contribution in [-0.4, -0.2) is 28.3 Å². The standard InChI is InChI=1S/C40H64NO5P/c1-3-5-7-8-9-10-11-12-13-14-15-16-17-18-20-22-40(42)41-39(34-46-47(43,44)45)33-38-31-29-37(30-32-38)28-27-36-25-23-35(24-26-36)21-19-6-4-2/h12-13,23-26,29-32,39H,3-11,14-22,27-28,33-34H2,1-2H3,(H,41,42)(H2,43,44,45)/b13-12-/t39-/m1/s1. The van der Waals surface area contributed by atoms with Gasteiger partial charge in [-0.05, 0) is 86.5 Å². The summed E-state index contributed by atoms with van der Waals surface area (Å²) in [6.07, 6.45) is 28.0. The van der Waals surface area contributed by atoms with E-state index in [9.17, 15) is 19.1 Å². The molecule has 0 aliphatic rings. The Balaban J connectivity index is 1.67. The molecule has 47 heavy (non-hydrogen) atoms. The minimum atomic E-state index is -4.63. The second-order valence-corrected chi connectivity index (χ2v) is 14.4. The third kappa shape index (κ3) is 22.1. The van der Waals surface area contributed by atoms with Crippen molar-refractivity contribution in [2.75, 3.05) is 6.61 Å². The van der Waals surface area contributed by atoms with E-state index in [1.54, 1.807) is 0 Å². The summed E-state index contributed by atoms with van der Waals surface area (Å²) in [5.74, 6) is -0.102. The van der Waals surface area contributed by atoms with Crippen LogP contribution >= 0.6 is 7.82 Å². The van der Waals surface area contributed by atoms with Gasteiger partial charge >= 0.3 is 7.82 Å². The van der Waals surface area contributed by atoms with E-state index in [1.165, 1.54) is 93.7 Å². The van der Waals surface area contributed by atoms with Crippen LogP contribution in [0.2, 0.25) is 0 Å². The maximum absolute atomic E-state index is 12.7. The molecule has 0 unspecified atom stereocenters. The molecule has 2 aromatic carbocycles. The van der Waals surface area contributed by atoms with Crippen molar-refractivity contribution in [2.45, 2.75) is 155 Å². The lowest BCUT2D eigenvalue weighted by Crippen LogP contribution is -2.39. The zero-order chi connectivity index (χ0) is 34.0. The van der Waals surface area contributed by atoms with Crippen LogP contribution in [0.3, 0.4) is 0 Å². The van der Waals surface area contributed by atoms with Gasteiger partial charge in [-0.25, -0.2) is 4.57 Å². The Bertz CT molecular complexity index is 1140. The quantitative estimate of drug-likeness (QED) is 0.0476. The first-order valence-corrected chi connectivity index (χ1v) is 20.1. The molecule has 0 heterocycles. The average Bonchev–Trinajstić information content (AvgIpc) is 3.05. The number of carbonyl (C=O) groups is 1. The van der Waals surface area contributed by atoms with Crippen molar-refractivity contribution in [3.63, 3.8) is 0 Å². The fraction of sp³-hybridized carbons (Fsp3) is 0.625. The van der Waals surface area contributed by atoms with E-state index in [1.807, 2.05) is 12.1 Å². The highest BCUT2D eigenvalue weighted by Gasteiger charge is 2.20. The van der Waals surface area contributed by atoms with Crippen LogP contribution in [-0.2, 0) is 39.6 Å². The normalized spacial score (nSPS) is 12.5. The Morgan fingerprint density at radius 3 is 1.64 bits per heavy atom. The van der Waals surface area contributed by atoms with Gasteiger partial charge in [0.05, 0.1) is 12.6 Å². The van der Waals surface area contributed by atoms with Crippen LogP contribution in [0.5, 0.6) is 0 Å². The molecule has 0 aliphatic heterocycles. The van der Waals surface area contributed by atoms with Crippen molar-refractivity contribution in [3.05, 3.63) is 82.9 Å². The minimum Gasteiger partial charge on any atom is -0.351 e. The fourth-order valence-electron chi connectivity index (χ4n) is 5.86. The van der Waals surface area contributed by atoms with Crippen molar-refractivity contribution in [1.82, 2.24) is 5.32 Å². The van der Waals surface area contributed by atoms with Gasteiger partial charge in [-0.1, -0.05) is 139 Å². The van der Waals surface area contributed by atoms with Gasteiger partial charge in [0, 0.05) is 6.42 Å². The van der Waals surface area contributed by atoms with Crippen molar-refractivity contribution >= 4 is 13.7 Å². The van der Waals surface area contributed by atoms with E-state index in [0.29, 0.717) is 12.8 Å². The number of allylic oxidation sites excluding steroid dienone is 2. The Labute approximate surface area is 286 Å². The van der Waals surface area contributed by atoms with E-state index >= 15 is 0 Å². The fourth-order valence-corrected chi connectivity index (χ4v) is 6.24. The number of amides is 1. The molecule has 3 N–H and O–H groups in total. The van der Waals surface area contributed by atoms with E-state index in [-0.39, 0.29) is 12.5 Å². The molecule has 1 atom stereocenters. The topological polar surface area (TPSA) is 95.9 Å². The monoisotopic (exact) mass is 669 g/mol. The number of carbonyl (C=O) groups excluding carboxylic acids is 1. The molecule has 0 radical (unpaired) electrons. The van der Waals surface area contributed by atoms with Crippen LogP contribution in [0.15, 0.2) is 60.7 Å². The average molecular weight is 670 g/mol. The molecule has 6 nitrogen and oxygen atoms in total. The van der Waals surface area contributed by atoms with Crippen LogP contribution in [0.1, 0.15) is 145 Å². The van der Waals surface area contributed by atoms with Crippen molar-refractivity contribution < 1.29 is 23.7 Å². The largest absolute Gasteiger partial charge is 0.469 e. The molecule has 0 aromatic heterocycles. The highest BCUT2D eigenvalue weighted by Crippen LogP contribution is 2.35. The van der Waals surface area contributed by atoms with Gasteiger partial charge in [-0.2, -0.15) is 0 Å². The molecule has 0 saturated carbocycles. The molecule has 264 valence electrons. The van der Waals surface area contributed by atoms with Gasteiger partial charge < -0.3 is 15.1 Å². The SMILES string of the molecule is CCCCCCCC/C=C\CCCCCCCC(=O)N[C@@H](COP(=O)(O)O)Cc1ccc(CCc2ccc(CCCCC)cc2)cc1. The smallest absolute Gasteiger partial charge is 0.351 e. The summed E-state index contributed by atoms with van der Waals surface area (Å²) in [5.41, 5.74) is 4.96. The van der Waals surface area contributed by atoms with Gasteiger partial charge in [0.15, 0.2) is 0 Å². The number of nitrogens with one attached hydrogen (secondary N) is 1. The zero-order valence-corrected chi connectivity index (χ0v) is 30.4. The van der Waals surface area contributed by atoms with Gasteiger partial charge in [-0.15, -0.1) is 0 Å². The Hall–Kier alpha value is -2.24. The van der Waals surface area contributed by atoms with Crippen molar-refractivity contribution in [3.8, 4) is 0 Å². The molecule has 2 rings (SSSR count). The van der Waals surface area contributed by atoms with Gasteiger partial charge in [0.25, 0.3) is 0 Å². The number of unbranched alkanes of at least 4 members (excludes halogenated alkanes) is 13. The first-order chi connectivity index (χ1) is 22.8. The third-order valence-corrected chi connectivity index (χ3v) is 9.26. The van der Waals surface area contributed by atoms with E-state index in [2.05, 4.69) is 67.7 Å². The summed E-state index contributed by atoms with van der Waals surface area (Å²) in [7, 11) is -4.63. The molecule has 0 spiro atoms. The Morgan fingerprint density at radius 2 is 1.11 bits per heavy atom. The number of hydrogen-bond acceptors (Lipinski definition) is 3. The molecule has 7 heteroatoms. The number of hydrogen-bond donors (Lipinski definition) is 3. The second-order valence-electron chi connectivity index (χ2n) is 13.2. The number of phosphoric ester groups is 1. The number of benzene rings is 2. The summed E-state index contributed by atoms with van der Waals surface area (Å²) in [4.78, 5) is 31.2. The maximum atomic E-state index is 12.7. The molecule has 1 amide bonds. The molecular formula is C40H64NO5P. The van der Waals surface area contributed by atoms with E-state index < -0.39 is 13.9 Å². The molecule has 0 aliphatic carbocycles. The second kappa shape index (κ2) is 25.7. The van der Waals surface area contributed by atoms with E-state index in [0.717, 1.165) is 50.5 Å². The number of phosphoric acid groups is 1. The highest BCUT2D eigenvalue weighted by molar-refractivity contribution is 7.46. The van der Waals surface area contributed by atoms with Crippen LogP contribution in [0.4, 0.5) is 0 Å². The lowest BCUT2D eigenvalue weighted by Gasteiger charge is -2.19. The maximum Gasteiger partial charge on any atom is 0.469 e. The Morgan fingerprint density at radius 1 is 0.660 bits per heavy atom. The van der Waals surface area contributed by atoms with Gasteiger partial charge in [0.2, 0.25) is 5.91 Å². The molecule has 2 aromatic rings. The third-order valence-electron chi connectivity index (χ3n) is 8.77. The molecular weight excluding hydrogens is 605 g/mol. The summed E-state index contributed by atoms with van der Waals surface area (Å²) < 4.78 is 16.2. The first kappa shape index (κ1) is 40.9. The minimum absolute atomic E-state index is 0.102. The Kier molecular flexibility index (Phi) is 22.4. The number of rotatable bonds is 28. The van der Waals surface area contributed by atoms with Gasteiger partial charge in [-0.3, -0.25) is 9.32 Å². The van der Waals surface area contributed by atoms with E-state index in [4.69, 9.17) is 4.52 Å². The van der Waals surface area contributed by atoms with Crippen LogP contribution in [0.25, 0.3) is 0 Å². The number of aryl methyl sites for hydroxylation is 3. The lowest BCUT2D eigenvalue weighted by molar-refractivity contribution is -0.122. The summed E-state index contributed by atoms with van der Waals surface area (Å²) >= 11 is 0. The predicted molar refractivity (Wildman–Crippen MR) is 197 cm³/mol. The molecule has 0 fully saturated rings. The van der Waals surface area contributed by atoms with Crippen molar-refractivity contribution in [2.24, 2.45) is 0 Å². The zero-order valence-electron chi connectivity index (χ0n) is 29.5. The highest BCUT2D eigenvalue weighted by atomic mass is 31.2. The van der Waals surface area contributed by atoms with Crippen LogP contribution < -0.4 is 5.32 Å². The summed E-state index contributed by atoms with van der Waals surface area (Å²) in [6.45, 7) is 4.25. The summed E-state index contributed by atoms with van der Waals surface area (Å²) in [6, 6.07) is 16.7. The lowest BCUT2D eigenvalue weighted by atomic mass is 9.99. The van der Waals surface area contributed by atoms with Gasteiger partial charge in [0.1, 0.15) is 0 Å². The van der Waals surface area contributed by atoms with Crippen LogP contribution in [0, 0.1) is 0 Å². The molecule has 0 bridgehead atoms. The summed E-state index contributed by atoms with van der Waals surface area (Å²) in [5, 5.41) is 2.95. The van der Waals surface area contributed by atoms with Crippen molar-refractivity contribution in [1.29, 1.82) is 0 Å². The first-order valence-electron chi connectivity index (χ1n) is 18.6.